The highest BCUT2D eigenvalue weighted by molar-refractivity contribution is 7.91. The van der Waals surface area contributed by atoms with Crippen LogP contribution < -0.4 is 5.32 Å². The fraction of sp³-hybridized carbons (Fsp3) is 0.478. The molecule has 178 valence electrons. The molecule has 0 atom stereocenters. The number of thiazole rings is 1. The van der Waals surface area contributed by atoms with Gasteiger partial charge >= 0.3 is 0 Å². The summed E-state index contributed by atoms with van der Waals surface area (Å²) in [5.74, 6) is 0.0757. The van der Waals surface area contributed by atoms with Crippen molar-refractivity contribution >= 4 is 46.1 Å². The van der Waals surface area contributed by atoms with E-state index in [0.29, 0.717) is 25.1 Å². The molecule has 0 unspecified atom stereocenters. The predicted octanol–water partition coefficient (Wildman–Crippen LogP) is 4.38. The molecule has 0 aliphatic carbocycles. The Hall–Kier alpha value is -2.01. The normalized spacial score (nSPS) is 16.8. The third-order valence-corrected chi connectivity index (χ3v) is 10.2. The van der Waals surface area contributed by atoms with E-state index < -0.39 is 17.9 Å². The molecule has 1 fully saturated rings. The summed E-state index contributed by atoms with van der Waals surface area (Å²) in [6, 6.07) is 6.91. The van der Waals surface area contributed by atoms with Crippen molar-refractivity contribution in [2.75, 3.05) is 18.1 Å². The van der Waals surface area contributed by atoms with Gasteiger partial charge in [0.05, 0.1) is 27.4 Å². The predicted molar refractivity (Wildman–Crippen MR) is 136 cm³/mol. The van der Waals surface area contributed by atoms with Crippen LogP contribution in [0.5, 0.6) is 0 Å². The molecule has 4 rings (SSSR count). The first-order valence-corrected chi connectivity index (χ1v) is 17.6. The zero-order valence-corrected chi connectivity index (χ0v) is 22.0. The molecule has 1 saturated heterocycles. The van der Waals surface area contributed by atoms with E-state index in [0.717, 1.165) is 34.0 Å². The van der Waals surface area contributed by atoms with Gasteiger partial charge in [-0.2, -0.15) is 0 Å². The van der Waals surface area contributed by atoms with E-state index in [1.807, 2.05) is 22.9 Å². The molecule has 2 aromatic heterocycles. The lowest BCUT2D eigenvalue weighted by Gasteiger charge is -2.23. The average molecular weight is 506 g/mol. The van der Waals surface area contributed by atoms with Gasteiger partial charge in [0, 0.05) is 44.1 Å². The monoisotopic (exact) mass is 505 g/mol. The summed E-state index contributed by atoms with van der Waals surface area (Å²) in [6.07, 6.45) is 4.67. The van der Waals surface area contributed by atoms with Gasteiger partial charge < -0.3 is 14.6 Å². The van der Waals surface area contributed by atoms with Crippen LogP contribution in [-0.4, -0.2) is 56.1 Å². The van der Waals surface area contributed by atoms with Gasteiger partial charge in [0.2, 0.25) is 0 Å². The van der Waals surface area contributed by atoms with Gasteiger partial charge in [-0.3, -0.25) is 9.78 Å². The molecule has 3 aromatic rings. The Morgan fingerprint density at radius 1 is 1.27 bits per heavy atom. The average Bonchev–Trinajstić information content (AvgIpc) is 3.41. The molecule has 0 radical (unpaired) electrons. The van der Waals surface area contributed by atoms with Crippen LogP contribution in [0, 0.1) is 0 Å². The van der Waals surface area contributed by atoms with Crippen LogP contribution in [-0.2, 0) is 21.3 Å². The summed E-state index contributed by atoms with van der Waals surface area (Å²) in [7, 11) is -4.14. The third-order valence-electron chi connectivity index (χ3n) is 5.97. The van der Waals surface area contributed by atoms with E-state index in [9.17, 15) is 13.2 Å². The van der Waals surface area contributed by atoms with Crippen LogP contribution in [0.3, 0.4) is 0 Å². The maximum Gasteiger partial charge on any atom is 0.252 e. The van der Waals surface area contributed by atoms with E-state index in [4.69, 9.17) is 4.74 Å². The first-order valence-electron chi connectivity index (χ1n) is 11.2. The number of fused-ring (bicyclic) bond motifs is 1. The lowest BCUT2D eigenvalue weighted by molar-refractivity contribution is 0.0901. The standard InChI is InChI=1S/C23H31N3O4S2Si/c1-33(2,3)11-8-30-16-26-7-4-19-20(12-17(13-21(19)26)22-14-24-15-31-22)23(27)25-18-5-9-32(28,29)10-6-18/h4,7,12-15,18H,5-6,8-11,16H2,1-3H3,(H,25,27). The summed E-state index contributed by atoms with van der Waals surface area (Å²) in [6.45, 7) is 8.14. The fourth-order valence-corrected chi connectivity index (χ4v) is 6.79. The number of benzene rings is 1. The molecule has 10 heteroatoms. The van der Waals surface area contributed by atoms with Crippen LogP contribution in [0.2, 0.25) is 25.7 Å². The van der Waals surface area contributed by atoms with Crippen molar-refractivity contribution in [2.45, 2.75) is 51.3 Å². The maximum absolute atomic E-state index is 13.3. The minimum absolute atomic E-state index is 0.124. The van der Waals surface area contributed by atoms with Gasteiger partial charge in [0.15, 0.2) is 0 Å². The number of amides is 1. The zero-order valence-electron chi connectivity index (χ0n) is 19.3. The topological polar surface area (TPSA) is 90.3 Å². The molecule has 1 amide bonds. The Bertz CT molecular complexity index is 1220. The smallest absolute Gasteiger partial charge is 0.252 e. The first-order chi connectivity index (χ1) is 15.6. The lowest BCUT2D eigenvalue weighted by atomic mass is 10.0. The van der Waals surface area contributed by atoms with Crippen molar-refractivity contribution in [1.82, 2.24) is 14.9 Å². The van der Waals surface area contributed by atoms with Gasteiger partial charge in [-0.15, -0.1) is 11.3 Å². The van der Waals surface area contributed by atoms with Gasteiger partial charge in [-0.05, 0) is 42.6 Å². The molecule has 0 bridgehead atoms. The number of rotatable bonds is 8. The third kappa shape index (κ3) is 6.11. The highest BCUT2D eigenvalue weighted by Crippen LogP contribution is 2.31. The van der Waals surface area contributed by atoms with Crippen molar-refractivity contribution in [3.05, 3.63) is 41.7 Å². The number of ether oxygens (including phenoxy) is 1. The zero-order chi connectivity index (χ0) is 23.6. The van der Waals surface area contributed by atoms with Crippen molar-refractivity contribution in [3.8, 4) is 10.4 Å². The molecule has 0 saturated carbocycles. The minimum Gasteiger partial charge on any atom is -0.361 e. The summed E-state index contributed by atoms with van der Waals surface area (Å²) in [4.78, 5) is 18.5. The number of nitrogens with one attached hydrogen (secondary N) is 1. The molecule has 1 aliphatic rings. The van der Waals surface area contributed by atoms with Gasteiger partial charge in [0.25, 0.3) is 5.91 Å². The number of hydrogen-bond donors (Lipinski definition) is 1. The Morgan fingerprint density at radius 3 is 2.70 bits per heavy atom. The molecular weight excluding hydrogens is 474 g/mol. The Morgan fingerprint density at radius 2 is 2.03 bits per heavy atom. The number of hydrogen-bond acceptors (Lipinski definition) is 6. The molecule has 7 nitrogen and oxygen atoms in total. The first kappa shape index (κ1) is 24.1. The van der Waals surface area contributed by atoms with Crippen LogP contribution in [0.25, 0.3) is 21.3 Å². The Labute approximate surface area is 200 Å². The molecule has 1 N–H and O–H groups in total. The summed E-state index contributed by atoms with van der Waals surface area (Å²) in [5, 5.41) is 3.92. The summed E-state index contributed by atoms with van der Waals surface area (Å²) in [5.41, 5.74) is 4.24. The van der Waals surface area contributed by atoms with Crippen LogP contribution >= 0.6 is 11.3 Å². The minimum atomic E-state index is -2.98. The molecule has 1 aromatic carbocycles. The summed E-state index contributed by atoms with van der Waals surface area (Å²) >= 11 is 1.53. The van der Waals surface area contributed by atoms with Crippen molar-refractivity contribution in [1.29, 1.82) is 0 Å². The summed E-state index contributed by atoms with van der Waals surface area (Å²) < 4.78 is 31.5. The number of carbonyl (C=O) groups is 1. The van der Waals surface area contributed by atoms with E-state index >= 15 is 0 Å². The van der Waals surface area contributed by atoms with Crippen molar-refractivity contribution in [3.63, 3.8) is 0 Å². The number of sulfone groups is 1. The number of nitrogens with zero attached hydrogens (tertiary/aromatic N) is 2. The van der Waals surface area contributed by atoms with Gasteiger partial charge in [0.1, 0.15) is 16.6 Å². The molecule has 0 spiro atoms. The number of carbonyl (C=O) groups excluding carboxylic acids is 1. The van der Waals surface area contributed by atoms with Gasteiger partial charge in [-0.1, -0.05) is 19.6 Å². The van der Waals surface area contributed by atoms with Gasteiger partial charge in [-0.25, -0.2) is 8.42 Å². The quantitative estimate of drug-likeness (QED) is 0.362. The van der Waals surface area contributed by atoms with E-state index in [2.05, 4.69) is 36.0 Å². The Kier molecular flexibility index (Phi) is 7.08. The second-order valence-electron chi connectivity index (χ2n) is 9.86. The fourth-order valence-electron chi connectivity index (χ4n) is 3.94. The molecular formula is C23H31N3O4S2Si. The molecule has 3 heterocycles. The van der Waals surface area contributed by atoms with E-state index in [1.165, 1.54) is 11.3 Å². The Balaban J connectivity index is 1.60. The van der Waals surface area contributed by atoms with Crippen LogP contribution in [0.4, 0.5) is 0 Å². The van der Waals surface area contributed by atoms with Crippen molar-refractivity contribution < 1.29 is 17.9 Å². The van der Waals surface area contributed by atoms with Crippen LogP contribution in [0.15, 0.2) is 36.1 Å². The second-order valence-corrected chi connectivity index (χ2v) is 18.7. The molecule has 1 aliphatic heterocycles. The highest BCUT2D eigenvalue weighted by atomic mass is 32.2. The largest absolute Gasteiger partial charge is 0.361 e. The highest BCUT2D eigenvalue weighted by Gasteiger charge is 2.26. The SMILES string of the molecule is C[Si](C)(C)CCOCn1ccc2c(C(=O)NC3CCS(=O)(=O)CC3)cc(-c3cncs3)cc21. The maximum atomic E-state index is 13.3. The molecule has 33 heavy (non-hydrogen) atoms. The second kappa shape index (κ2) is 9.69. The van der Waals surface area contributed by atoms with E-state index in [-0.39, 0.29) is 23.5 Å². The van der Waals surface area contributed by atoms with Crippen molar-refractivity contribution in [2.24, 2.45) is 0 Å². The van der Waals surface area contributed by atoms with Crippen LogP contribution in [0.1, 0.15) is 23.2 Å². The van der Waals surface area contributed by atoms with E-state index in [1.54, 1.807) is 11.7 Å². The number of aromatic nitrogens is 2. The lowest BCUT2D eigenvalue weighted by Crippen LogP contribution is -2.40.